The Morgan fingerprint density at radius 3 is 2.35 bits per heavy atom. The van der Waals surface area contributed by atoms with Gasteiger partial charge >= 0.3 is 0 Å². The smallest absolute Gasteiger partial charge is 0.263 e. The van der Waals surface area contributed by atoms with Gasteiger partial charge < -0.3 is 10.1 Å². The van der Waals surface area contributed by atoms with Crippen LogP contribution in [0.5, 0.6) is 5.75 Å². The molecule has 0 saturated heterocycles. The first-order chi connectivity index (χ1) is 16.1. The Hall–Kier alpha value is -3.65. The highest BCUT2D eigenvalue weighted by molar-refractivity contribution is 7.80. The van der Waals surface area contributed by atoms with E-state index in [2.05, 4.69) is 25.3 Å². The van der Waals surface area contributed by atoms with Gasteiger partial charge in [0.1, 0.15) is 10.6 Å². The average Bonchev–Trinajstić information content (AvgIpc) is 3.36. The molecular weight excluding hydrogens is 496 g/mol. The number of aryl methyl sites for hydroxylation is 2. The molecule has 0 unspecified atom stereocenters. The molecule has 2 aromatic heterocycles. The van der Waals surface area contributed by atoms with E-state index in [9.17, 15) is 22.4 Å². The van der Waals surface area contributed by atoms with Crippen molar-refractivity contribution < 1.29 is 27.1 Å². The first-order valence-electron chi connectivity index (χ1n) is 9.44. The van der Waals surface area contributed by atoms with Crippen molar-refractivity contribution >= 4 is 45.2 Å². The number of carbonyl (C=O) groups is 1. The van der Waals surface area contributed by atoms with Gasteiger partial charge in [-0.15, -0.1) is 10.2 Å². The molecule has 4 rings (SSSR count). The number of ether oxygens (including phenoxy) is 1. The summed E-state index contributed by atoms with van der Waals surface area (Å²) in [6.07, 6.45) is 0. The molecule has 4 aromatic rings. The molecule has 1 amide bonds. The van der Waals surface area contributed by atoms with Crippen LogP contribution in [0.2, 0.25) is 0 Å². The van der Waals surface area contributed by atoms with E-state index in [1.807, 2.05) is 5.32 Å². The molecule has 0 aliphatic rings. The summed E-state index contributed by atoms with van der Waals surface area (Å²) in [6, 6.07) is 5.21. The molecule has 0 atom stereocenters. The molecule has 2 heterocycles. The summed E-state index contributed by atoms with van der Waals surface area (Å²) in [5.41, 5.74) is 0.503. The number of methoxy groups -OCH3 is 1. The van der Waals surface area contributed by atoms with E-state index < -0.39 is 40.5 Å². The molecule has 176 valence electrons. The van der Waals surface area contributed by atoms with Crippen molar-refractivity contribution in [2.45, 2.75) is 13.8 Å². The van der Waals surface area contributed by atoms with Crippen molar-refractivity contribution in [3.05, 3.63) is 58.4 Å². The van der Waals surface area contributed by atoms with Crippen molar-refractivity contribution in [3.8, 4) is 16.3 Å². The van der Waals surface area contributed by atoms with Crippen molar-refractivity contribution in [1.29, 1.82) is 0 Å². The zero-order valence-corrected chi connectivity index (χ0v) is 19.3. The number of rotatable bonds is 4. The van der Waals surface area contributed by atoms with Gasteiger partial charge in [-0.25, -0.2) is 8.78 Å². The normalized spacial score (nSPS) is 11.0. The molecule has 0 aliphatic heterocycles. The lowest BCUT2D eigenvalue weighted by molar-refractivity contribution is 0.0966. The number of aromatic nitrogens is 4. The van der Waals surface area contributed by atoms with Crippen molar-refractivity contribution in [3.63, 3.8) is 0 Å². The van der Waals surface area contributed by atoms with E-state index in [1.54, 1.807) is 36.6 Å². The van der Waals surface area contributed by atoms with Gasteiger partial charge in [-0.3, -0.25) is 10.1 Å². The van der Waals surface area contributed by atoms with Crippen molar-refractivity contribution in [2.75, 3.05) is 12.4 Å². The molecule has 14 heteroatoms. The lowest BCUT2D eigenvalue weighted by atomic mass is 10.1. The number of hydrogen-bond donors (Lipinski definition) is 2. The standard InChI is InChI=1S/C20H14F4N6O2S2/c1-7-6-9(18-29-30-8(2)27-28-20(30)34-18)4-5-10(7)25-19(33)26-17(31)11-12(21)14(23)16(32-3)15(24)13(11)22/h4-6H,1-3H3,(H2,25,26,31,33). The minimum absolute atomic E-state index is 0.342. The van der Waals surface area contributed by atoms with Crippen LogP contribution in [-0.2, 0) is 0 Å². The number of fused-ring (bicyclic) bond motifs is 1. The summed E-state index contributed by atoms with van der Waals surface area (Å²) in [6.45, 7) is 3.54. The van der Waals surface area contributed by atoms with E-state index in [4.69, 9.17) is 12.2 Å². The van der Waals surface area contributed by atoms with Gasteiger partial charge in [-0.1, -0.05) is 11.3 Å². The zero-order chi connectivity index (χ0) is 24.7. The first-order valence-corrected chi connectivity index (χ1v) is 10.7. The monoisotopic (exact) mass is 510 g/mol. The number of anilines is 1. The molecule has 0 radical (unpaired) electrons. The average molecular weight is 510 g/mol. The molecule has 34 heavy (non-hydrogen) atoms. The minimum Gasteiger partial charge on any atom is -0.491 e. The van der Waals surface area contributed by atoms with Gasteiger partial charge in [-0.05, 0) is 49.8 Å². The Morgan fingerprint density at radius 1 is 1.09 bits per heavy atom. The van der Waals surface area contributed by atoms with Crippen LogP contribution in [0.15, 0.2) is 18.2 Å². The van der Waals surface area contributed by atoms with Crippen LogP contribution in [-0.4, -0.2) is 37.9 Å². The number of thiocarbonyl (C=S) groups is 1. The van der Waals surface area contributed by atoms with E-state index >= 15 is 0 Å². The highest BCUT2D eigenvalue weighted by Gasteiger charge is 2.30. The van der Waals surface area contributed by atoms with Gasteiger partial charge in [0, 0.05) is 11.3 Å². The number of hydrogen-bond acceptors (Lipinski definition) is 7. The second kappa shape index (κ2) is 8.95. The second-order valence-electron chi connectivity index (χ2n) is 6.95. The third-order valence-electron chi connectivity index (χ3n) is 4.75. The summed E-state index contributed by atoms with van der Waals surface area (Å²) < 4.78 is 62.0. The van der Waals surface area contributed by atoms with Crippen LogP contribution in [0.4, 0.5) is 23.2 Å². The van der Waals surface area contributed by atoms with Gasteiger partial charge in [0.25, 0.3) is 5.91 Å². The Bertz CT molecular complexity index is 1440. The van der Waals surface area contributed by atoms with Crippen LogP contribution < -0.4 is 15.4 Å². The summed E-state index contributed by atoms with van der Waals surface area (Å²) in [7, 11) is 0.831. The Labute approximate surface area is 198 Å². The molecule has 8 nitrogen and oxygen atoms in total. The topological polar surface area (TPSA) is 93.4 Å². The van der Waals surface area contributed by atoms with E-state index in [0.29, 0.717) is 27.0 Å². The van der Waals surface area contributed by atoms with Crippen molar-refractivity contribution in [1.82, 2.24) is 25.1 Å². The Balaban J connectivity index is 1.52. The summed E-state index contributed by atoms with van der Waals surface area (Å²) in [4.78, 5) is 12.9. The second-order valence-corrected chi connectivity index (χ2v) is 8.32. The molecule has 0 bridgehead atoms. The third kappa shape index (κ3) is 4.05. The maximum absolute atomic E-state index is 14.2. The number of carbonyl (C=O) groups excluding carboxylic acids is 1. The maximum atomic E-state index is 14.2. The fraction of sp³-hybridized carbons (Fsp3) is 0.150. The van der Waals surface area contributed by atoms with E-state index in [-0.39, 0.29) is 5.11 Å². The van der Waals surface area contributed by atoms with Crippen LogP contribution in [0.25, 0.3) is 15.5 Å². The van der Waals surface area contributed by atoms with E-state index in [0.717, 1.165) is 12.7 Å². The quantitative estimate of drug-likeness (QED) is 0.242. The molecule has 0 aliphatic carbocycles. The number of benzene rings is 2. The number of nitrogens with one attached hydrogen (secondary N) is 2. The van der Waals surface area contributed by atoms with Gasteiger partial charge in [0.15, 0.2) is 28.3 Å². The number of amides is 1. The van der Waals surface area contributed by atoms with Crippen LogP contribution in [0.3, 0.4) is 0 Å². The van der Waals surface area contributed by atoms with Crippen LogP contribution >= 0.6 is 23.6 Å². The largest absolute Gasteiger partial charge is 0.491 e. The molecule has 2 N–H and O–H groups in total. The van der Waals surface area contributed by atoms with Gasteiger partial charge in [0.05, 0.1) is 7.11 Å². The Kier molecular flexibility index (Phi) is 6.18. The fourth-order valence-corrected chi connectivity index (χ4v) is 4.16. The number of halogens is 4. The summed E-state index contributed by atoms with van der Waals surface area (Å²) >= 11 is 6.36. The SMILES string of the molecule is COc1c(F)c(F)c(C(=O)NC(=S)Nc2ccc(-c3nn4c(C)nnc4s3)cc2C)c(F)c1F. The fourth-order valence-electron chi connectivity index (χ4n) is 3.08. The predicted octanol–water partition coefficient (Wildman–Crippen LogP) is 4.16. The number of nitrogens with zero attached hydrogens (tertiary/aromatic N) is 4. The van der Waals surface area contributed by atoms with Crippen LogP contribution in [0.1, 0.15) is 21.7 Å². The lowest BCUT2D eigenvalue weighted by Gasteiger charge is -2.14. The maximum Gasteiger partial charge on any atom is 0.263 e. The van der Waals surface area contributed by atoms with Crippen molar-refractivity contribution in [2.24, 2.45) is 0 Å². The summed E-state index contributed by atoms with van der Waals surface area (Å²) in [5.74, 6) is -9.58. The van der Waals surface area contributed by atoms with Gasteiger partial charge in [0.2, 0.25) is 16.6 Å². The first kappa shape index (κ1) is 23.5. The van der Waals surface area contributed by atoms with Gasteiger partial charge in [-0.2, -0.15) is 18.4 Å². The molecule has 0 fully saturated rings. The zero-order valence-electron chi connectivity index (χ0n) is 17.7. The minimum atomic E-state index is -1.91. The highest BCUT2D eigenvalue weighted by Crippen LogP contribution is 2.30. The Morgan fingerprint density at radius 2 is 1.76 bits per heavy atom. The molecular formula is C20H14F4N6O2S2. The molecule has 0 saturated carbocycles. The molecule has 0 spiro atoms. The molecule has 2 aromatic carbocycles. The van der Waals surface area contributed by atoms with E-state index in [1.165, 1.54) is 11.3 Å². The van der Waals surface area contributed by atoms with Crippen LogP contribution in [0, 0.1) is 37.1 Å². The lowest BCUT2D eigenvalue weighted by Crippen LogP contribution is -2.35. The highest BCUT2D eigenvalue weighted by atomic mass is 32.1. The predicted molar refractivity (Wildman–Crippen MR) is 120 cm³/mol. The third-order valence-corrected chi connectivity index (χ3v) is 5.90. The summed E-state index contributed by atoms with van der Waals surface area (Å²) in [5, 5.41) is 17.5.